The smallest absolute Gasteiger partial charge is 0.293 e. The van der Waals surface area contributed by atoms with Gasteiger partial charge in [-0.2, -0.15) is 0 Å². The van der Waals surface area contributed by atoms with E-state index in [0.29, 0.717) is 18.0 Å². The zero-order valence-electron chi connectivity index (χ0n) is 10.9. The number of ether oxygens (including phenoxy) is 1. The van der Waals surface area contributed by atoms with Gasteiger partial charge in [0.1, 0.15) is 5.75 Å². The molecule has 0 aromatic heterocycles. The highest BCUT2D eigenvalue weighted by Crippen LogP contribution is 2.33. The minimum absolute atomic E-state index is 0.181. The van der Waals surface area contributed by atoms with Crippen LogP contribution in [0.1, 0.15) is 26.2 Å². The molecule has 5 heteroatoms. The number of amides is 2. The number of thioether (sulfide) groups is 1. The fourth-order valence-electron chi connectivity index (χ4n) is 1.89. The highest BCUT2D eigenvalue weighted by Gasteiger charge is 2.33. The van der Waals surface area contributed by atoms with Gasteiger partial charge in [0.15, 0.2) is 0 Å². The predicted molar refractivity (Wildman–Crippen MR) is 76.8 cm³/mol. The Labute approximate surface area is 117 Å². The molecule has 0 saturated carbocycles. The molecule has 19 heavy (non-hydrogen) atoms. The van der Waals surface area contributed by atoms with Crippen LogP contribution in [0, 0.1) is 0 Å². The Morgan fingerprint density at radius 3 is 2.74 bits per heavy atom. The molecule has 1 saturated heterocycles. The zero-order valence-corrected chi connectivity index (χ0v) is 11.7. The van der Waals surface area contributed by atoms with Crippen molar-refractivity contribution in [1.29, 1.82) is 0 Å². The molecule has 0 spiro atoms. The SMILES string of the molecule is CCCCCOc1ccccc1N1C(=O)CSC1=O. The molecular weight excluding hydrogens is 262 g/mol. The third-order valence-corrected chi connectivity index (χ3v) is 3.68. The second-order valence-electron chi connectivity index (χ2n) is 4.31. The number of unbranched alkanes of at least 4 members (excludes halogenated alkanes) is 2. The quantitative estimate of drug-likeness (QED) is 0.748. The van der Waals surface area contributed by atoms with E-state index in [0.717, 1.165) is 31.0 Å². The summed E-state index contributed by atoms with van der Waals surface area (Å²) in [5.74, 6) is 0.630. The first-order valence-electron chi connectivity index (χ1n) is 6.45. The highest BCUT2D eigenvalue weighted by atomic mass is 32.2. The molecule has 2 amide bonds. The van der Waals surface area contributed by atoms with Gasteiger partial charge in [-0.15, -0.1) is 0 Å². The number of hydrogen-bond acceptors (Lipinski definition) is 4. The lowest BCUT2D eigenvalue weighted by atomic mass is 10.2. The second kappa shape index (κ2) is 6.61. The molecule has 102 valence electrons. The molecule has 0 atom stereocenters. The van der Waals surface area contributed by atoms with E-state index in [2.05, 4.69) is 6.92 Å². The molecule has 0 bridgehead atoms. The van der Waals surface area contributed by atoms with Gasteiger partial charge in [0.05, 0.1) is 18.0 Å². The van der Waals surface area contributed by atoms with E-state index < -0.39 is 0 Å². The second-order valence-corrected chi connectivity index (χ2v) is 5.23. The number of nitrogens with zero attached hydrogens (tertiary/aromatic N) is 1. The van der Waals surface area contributed by atoms with E-state index in [9.17, 15) is 9.59 Å². The Morgan fingerprint density at radius 2 is 2.05 bits per heavy atom. The molecule has 1 aromatic rings. The number of hydrogen-bond donors (Lipinski definition) is 0. The Kier molecular flexibility index (Phi) is 4.85. The summed E-state index contributed by atoms with van der Waals surface area (Å²) in [5, 5.41) is -0.227. The van der Waals surface area contributed by atoms with Gasteiger partial charge >= 0.3 is 0 Å². The van der Waals surface area contributed by atoms with Crippen LogP contribution in [0.25, 0.3) is 0 Å². The first-order chi connectivity index (χ1) is 9.24. The van der Waals surface area contributed by atoms with E-state index in [-0.39, 0.29) is 16.9 Å². The maximum atomic E-state index is 11.7. The van der Waals surface area contributed by atoms with Gasteiger partial charge < -0.3 is 4.74 Å². The first-order valence-corrected chi connectivity index (χ1v) is 7.44. The molecule has 0 N–H and O–H groups in total. The van der Waals surface area contributed by atoms with Crippen molar-refractivity contribution < 1.29 is 14.3 Å². The number of rotatable bonds is 6. The Balaban J connectivity index is 2.12. The molecule has 0 aliphatic carbocycles. The van der Waals surface area contributed by atoms with Crippen molar-refractivity contribution in [3.63, 3.8) is 0 Å². The lowest BCUT2D eigenvalue weighted by Crippen LogP contribution is -2.28. The van der Waals surface area contributed by atoms with Crippen molar-refractivity contribution in [2.45, 2.75) is 26.2 Å². The van der Waals surface area contributed by atoms with E-state index in [1.165, 1.54) is 4.90 Å². The van der Waals surface area contributed by atoms with Crippen LogP contribution in [0.4, 0.5) is 10.5 Å². The largest absolute Gasteiger partial charge is 0.491 e. The summed E-state index contributed by atoms with van der Waals surface area (Å²) >= 11 is 1.03. The van der Waals surface area contributed by atoms with Crippen molar-refractivity contribution >= 4 is 28.6 Å². The average molecular weight is 279 g/mol. The van der Waals surface area contributed by atoms with Crippen molar-refractivity contribution in [2.75, 3.05) is 17.3 Å². The maximum absolute atomic E-state index is 11.7. The summed E-state index contributed by atoms with van der Waals surface area (Å²) < 4.78 is 5.69. The van der Waals surface area contributed by atoms with Crippen molar-refractivity contribution in [1.82, 2.24) is 0 Å². The number of para-hydroxylation sites is 2. The molecule has 1 aromatic carbocycles. The van der Waals surface area contributed by atoms with Gasteiger partial charge in [-0.05, 0) is 18.6 Å². The van der Waals surface area contributed by atoms with Crippen LogP contribution in [0.5, 0.6) is 5.75 Å². The Hall–Kier alpha value is -1.49. The van der Waals surface area contributed by atoms with Crippen LogP contribution >= 0.6 is 11.8 Å². The fraction of sp³-hybridized carbons (Fsp3) is 0.429. The van der Waals surface area contributed by atoms with E-state index in [1.54, 1.807) is 18.2 Å². The van der Waals surface area contributed by atoms with E-state index in [4.69, 9.17) is 4.74 Å². The standard InChI is InChI=1S/C14H17NO3S/c1-2-3-6-9-18-12-8-5-4-7-11(12)15-13(16)10-19-14(15)17/h4-5,7-8H,2-3,6,9-10H2,1H3. The lowest BCUT2D eigenvalue weighted by molar-refractivity contribution is -0.115. The molecule has 1 heterocycles. The third kappa shape index (κ3) is 3.29. The normalized spacial score (nSPS) is 15.1. The van der Waals surface area contributed by atoms with Gasteiger partial charge in [-0.3, -0.25) is 9.59 Å². The summed E-state index contributed by atoms with van der Waals surface area (Å²) in [5.41, 5.74) is 0.555. The van der Waals surface area contributed by atoms with Crippen LogP contribution in [0.15, 0.2) is 24.3 Å². The van der Waals surface area contributed by atoms with E-state index >= 15 is 0 Å². The van der Waals surface area contributed by atoms with Crippen LogP contribution in [-0.4, -0.2) is 23.5 Å². The number of imide groups is 1. The summed E-state index contributed by atoms with van der Waals surface area (Å²) in [7, 11) is 0. The number of carbonyl (C=O) groups excluding carboxylic acids is 2. The molecule has 0 unspecified atom stereocenters. The summed E-state index contributed by atoms with van der Waals surface area (Å²) in [4.78, 5) is 24.7. The van der Waals surface area contributed by atoms with Crippen LogP contribution in [0.3, 0.4) is 0 Å². The van der Waals surface area contributed by atoms with Crippen LogP contribution in [-0.2, 0) is 4.79 Å². The van der Waals surface area contributed by atoms with Crippen molar-refractivity contribution in [3.05, 3.63) is 24.3 Å². The Bertz CT molecular complexity index is 460. The first kappa shape index (κ1) is 13.9. The molecule has 2 rings (SSSR count). The van der Waals surface area contributed by atoms with E-state index in [1.807, 2.05) is 6.07 Å². The summed E-state index contributed by atoms with van der Waals surface area (Å²) in [6.07, 6.45) is 3.21. The third-order valence-electron chi connectivity index (χ3n) is 2.86. The van der Waals surface area contributed by atoms with Crippen LogP contribution < -0.4 is 9.64 Å². The summed E-state index contributed by atoms with van der Waals surface area (Å²) in [6.45, 7) is 2.74. The summed E-state index contributed by atoms with van der Waals surface area (Å²) in [6, 6.07) is 7.19. The minimum atomic E-state index is -0.227. The highest BCUT2D eigenvalue weighted by molar-refractivity contribution is 8.15. The van der Waals surface area contributed by atoms with Gasteiger partial charge in [0.25, 0.3) is 5.24 Å². The average Bonchev–Trinajstić information content (AvgIpc) is 2.75. The fourth-order valence-corrected chi connectivity index (χ4v) is 2.59. The lowest BCUT2D eigenvalue weighted by Gasteiger charge is -2.17. The molecule has 1 aliphatic heterocycles. The monoisotopic (exact) mass is 279 g/mol. The van der Waals surface area contributed by atoms with Gasteiger partial charge in [0, 0.05) is 0 Å². The topological polar surface area (TPSA) is 46.6 Å². The number of anilines is 1. The predicted octanol–water partition coefficient (Wildman–Crippen LogP) is 3.46. The van der Waals surface area contributed by atoms with Gasteiger partial charge in [-0.1, -0.05) is 43.7 Å². The van der Waals surface area contributed by atoms with Gasteiger partial charge in [0.2, 0.25) is 5.91 Å². The molecule has 1 aliphatic rings. The maximum Gasteiger partial charge on any atom is 0.293 e. The number of benzene rings is 1. The molecule has 1 fully saturated rings. The molecule has 4 nitrogen and oxygen atoms in total. The van der Waals surface area contributed by atoms with Crippen LogP contribution in [0.2, 0.25) is 0 Å². The molecule has 0 radical (unpaired) electrons. The minimum Gasteiger partial charge on any atom is -0.491 e. The van der Waals surface area contributed by atoms with Gasteiger partial charge in [-0.25, -0.2) is 4.90 Å². The van der Waals surface area contributed by atoms with Crippen molar-refractivity contribution in [2.24, 2.45) is 0 Å². The number of carbonyl (C=O) groups is 2. The zero-order chi connectivity index (χ0) is 13.7. The van der Waals surface area contributed by atoms with Crippen molar-refractivity contribution in [3.8, 4) is 5.75 Å². The molecular formula is C14H17NO3S. The Morgan fingerprint density at radius 1 is 1.26 bits per heavy atom.